The van der Waals surface area contributed by atoms with Gasteiger partial charge < -0.3 is 10.4 Å². The van der Waals surface area contributed by atoms with Crippen LogP contribution in [0.3, 0.4) is 0 Å². The molecule has 106 valence electrons. The Hall–Kier alpha value is -1.71. The number of aliphatic hydroxyl groups is 1. The topological polar surface area (TPSA) is 32.3 Å². The van der Waals surface area contributed by atoms with E-state index in [0.717, 1.165) is 13.0 Å². The Kier molecular flexibility index (Phi) is 5.27. The van der Waals surface area contributed by atoms with Gasteiger partial charge in [-0.05, 0) is 37.1 Å². The summed E-state index contributed by atoms with van der Waals surface area (Å²) in [5, 5.41) is 13.1. The summed E-state index contributed by atoms with van der Waals surface area (Å²) in [4.78, 5) is 0. The van der Waals surface area contributed by atoms with Crippen molar-refractivity contribution >= 4 is 0 Å². The van der Waals surface area contributed by atoms with Gasteiger partial charge in [0, 0.05) is 12.1 Å². The Balaban J connectivity index is 1.79. The number of benzene rings is 2. The molecule has 1 unspecified atom stereocenters. The maximum Gasteiger partial charge on any atom is 0.129 e. The van der Waals surface area contributed by atoms with Gasteiger partial charge in [0.25, 0.3) is 0 Å². The predicted molar refractivity (Wildman–Crippen MR) is 79.1 cm³/mol. The molecule has 0 aliphatic carbocycles. The van der Waals surface area contributed by atoms with Crippen molar-refractivity contribution in [1.82, 2.24) is 5.32 Å². The Bertz CT molecular complexity index is 556. The quantitative estimate of drug-likeness (QED) is 0.793. The van der Waals surface area contributed by atoms with Gasteiger partial charge >= 0.3 is 0 Å². The number of hydrogen-bond donors (Lipinski definition) is 2. The minimum Gasteiger partial charge on any atom is -0.387 e. The highest BCUT2D eigenvalue weighted by molar-refractivity contribution is 5.25. The van der Waals surface area contributed by atoms with Crippen molar-refractivity contribution in [1.29, 1.82) is 0 Å². The van der Waals surface area contributed by atoms with Crippen molar-refractivity contribution in [3.63, 3.8) is 0 Å². The first-order valence-electron chi connectivity index (χ1n) is 6.86. The number of hydrogen-bond acceptors (Lipinski definition) is 2. The van der Waals surface area contributed by atoms with E-state index in [0.29, 0.717) is 12.1 Å². The monoisotopic (exact) mass is 273 g/mol. The molecule has 0 fully saturated rings. The molecule has 0 amide bonds. The molecule has 0 saturated carbocycles. The molecule has 20 heavy (non-hydrogen) atoms. The number of aliphatic hydroxyl groups excluding tert-OH is 1. The second kappa shape index (κ2) is 7.17. The van der Waals surface area contributed by atoms with E-state index in [-0.39, 0.29) is 5.82 Å². The van der Waals surface area contributed by atoms with Crippen LogP contribution < -0.4 is 5.32 Å². The van der Waals surface area contributed by atoms with Crippen LogP contribution in [0.5, 0.6) is 0 Å². The molecule has 0 heterocycles. The van der Waals surface area contributed by atoms with Gasteiger partial charge in [0.05, 0.1) is 6.10 Å². The Morgan fingerprint density at radius 2 is 1.80 bits per heavy atom. The average Bonchev–Trinajstić information content (AvgIpc) is 2.45. The molecule has 0 spiro atoms. The zero-order valence-corrected chi connectivity index (χ0v) is 11.6. The van der Waals surface area contributed by atoms with Crippen molar-refractivity contribution in [2.75, 3.05) is 13.1 Å². The average molecular weight is 273 g/mol. The van der Waals surface area contributed by atoms with Crippen LogP contribution in [0.15, 0.2) is 48.5 Å². The molecule has 1 atom stereocenters. The molecule has 0 bridgehead atoms. The number of halogens is 1. The molecule has 0 aliphatic heterocycles. The van der Waals surface area contributed by atoms with E-state index in [4.69, 9.17) is 0 Å². The number of aryl methyl sites for hydroxylation is 1. The molecule has 2 aromatic rings. The summed E-state index contributed by atoms with van der Waals surface area (Å²) in [7, 11) is 0. The van der Waals surface area contributed by atoms with Gasteiger partial charge in [-0.2, -0.15) is 0 Å². The summed E-state index contributed by atoms with van der Waals surface area (Å²) in [6.45, 7) is 3.20. The lowest BCUT2D eigenvalue weighted by atomic mass is 10.1. The highest BCUT2D eigenvalue weighted by Gasteiger charge is 2.11. The lowest BCUT2D eigenvalue weighted by Crippen LogP contribution is -2.24. The Morgan fingerprint density at radius 3 is 2.55 bits per heavy atom. The van der Waals surface area contributed by atoms with Gasteiger partial charge in [0.1, 0.15) is 5.82 Å². The van der Waals surface area contributed by atoms with Gasteiger partial charge in [-0.15, -0.1) is 0 Å². The van der Waals surface area contributed by atoms with E-state index in [1.54, 1.807) is 18.2 Å². The molecule has 2 N–H and O–H groups in total. The van der Waals surface area contributed by atoms with Gasteiger partial charge in [0.2, 0.25) is 0 Å². The van der Waals surface area contributed by atoms with E-state index in [1.807, 2.05) is 12.1 Å². The zero-order chi connectivity index (χ0) is 14.4. The summed E-state index contributed by atoms with van der Waals surface area (Å²) in [6, 6.07) is 14.6. The second-order valence-corrected chi connectivity index (χ2v) is 4.92. The smallest absolute Gasteiger partial charge is 0.129 e. The Morgan fingerprint density at radius 1 is 1.10 bits per heavy atom. The second-order valence-electron chi connectivity index (χ2n) is 4.92. The van der Waals surface area contributed by atoms with E-state index in [9.17, 15) is 9.50 Å². The molecule has 2 aromatic carbocycles. The molecular formula is C17H20FNO. The summed E-state index contributed by atoms with van der Waals surface area (Å²) < 4.78 is 13.5. The van der Waals surface area contributed by atoms with Crippen molar-refractivity contribution in [3.8, 4) is 0 Å². The lowest BCUT2D eigenvalue weighted by molar-refractivity contribution is 0.170. The fourth-order valence-corrected chi connectivity index (χ4v) is 2.21. The first kappa shape index (κ1) is 14.7. The van der Waals surface area contributed by atoms with Crippen LogP contribution >= 0.6 is 0 Å². The van der Waals surface area contributed by atoms with Crippen LogP contribution in [0.1, 0.15) is 22.8 Å². The van der Waals surface area contributed by atoms with Gasteiger partial charge in [-0.1, -0.05) is 42.5 Å². The fourth-order valence-electron chi connectivity index (χ4n) is 2.21. The van der Waals surface area contributed by atoms with Crippen LogP contribution in [-0.2, 0) is 6.42 Å². The van der Waals surface area contributed by atoms with Crippen LogP contribution in [0, 0.1) is 12.7 Å². The maximum atomic E-state index is 13.5. The fraction of sp³-hybridized carbons (Fsp3) is 0.294. The first-order chi connectivity index (χ1) is 9.68. The predicted octanol–water partition coefficient (Wildman–Crippen LogP) is 3.00. The molecule has 0 aliphatic rings. The van der Waals surface area contributed by atoms with Crippen LogP contribution in [0.2, 0.25) is 0 Å². The highest BCUT2D eigenvalue weighted by atomic mass is 19.1. The third-order valence-corrected chi connectivity index (χ3v) is 3.43. The van der Waals surface area contributed by atoms with Crippen molar-refractivity contribution in [3.05, 3.63) is 71.0 Å². The van der Waals surface area contributed by atoms with Crippen LogP contribution in [-0.4, -0.2) is 18.2 Å². The molecule has 0 radical (unpaired) electrons. The zero-order valence-electron chi connectivity index (χ0n) is 11.6. The highest BCUT2D eigenvalue weighted by Crippen LogP contribution is 2.15. The molecule has 2 nitrogen and oxygen atoms in total. The van der Waals surface area contributed by atoms with E-state index < -0.39 is 6.10 Å². The summed E-state index contributed by atoms with van der Waals surface area (Å²) in [5.74, 6) is -0.360. The third kappa shape index (κ3) is 3.89. The molecular weight excluding hydrogens is 253 g/mol. The summed E-state index contributed by atoms with van der Waals surface area (Å²) in [5.41, 5.74) is 2.90. The maximum absolute atomic E-state index is 13.5. The van der Waals surface area contributed by atoms with Crippen molar-refractivity contribution < 1.29 is 9.50 Å². The van der Waals surface area contributed by atoms with Gasteiger partial charge in [0.15, 0.2) is 0 Å². The minimum absolute atomic E-state index is 0.343. The van der Waals surface area contributed by atoms with Crippen molar-refractivity contribution in [2.24, 2.45) is 0 Å². The molecule has 3 heteroatoms. The lowest BCUT2D eigenvalue weighted by Gasteiger charge is -2.13. The SMILES string of the molecule is Cc1ccccc1CCNCC(O)c1ccccc1F. The number of nitrogens with one attached hydrogen (secondary N) is 1. The van der Waals surface area contributed by atoms with Gasteiger partial charge in [-0.25, -0.2) is 4.39 Å². The standard InChI is InChI=1S/C17H20FNO/c1-13-6-2-3-7-14(13)10-11-19-12-17(20)15-8-4-5-9-16(15)18/h2-9,17,19-20H,10-12H2,1H3. The molecule has 0 saturated heterocycles. The molecule has 2 rings (SSSR count). The largest absolute Gasteiger partial charge is 0.387 e. The Labute approximate surface area is 119 Å². The minimum atomic E-state index is -0.812. The molecule has 0 aromatic heterocycles. The van der Waals surface area contributed by atoms with Gasteiger partial charge in [-0.3, -0.25) is 0 Å². The normalized spacial score (nSPS) is 12.3. The number of rotatable bonds is 6. The summed E-state index contributed by atoms with van der Waals surface area (Å²) in [6.07, 6.45) is 0.0875. The van der Waals surface area contributed by atoms with Crippen LogP contribution in [0.25, 0.3) is 0 Å². The van der Waals surface area contributed by atoms with E-state index in [1.165, 1.54) is 17.2 Å². The van der Waals surface area contributed by atoms with Crippen molar-refractivity contribution in [2.45, 2.75) is 19.4 Å². The first-order valence-corrected chi connectivity index (χ1v) is 6.86. The third-order valence-electron chi connectivity index (χ3n) is 3.43. The van der Waals surface area contributed by atoms with E-state index in [2.05, 4.69) is 24.4 Å². The summed E-state index contributed by atoms with van der Waals surface area (Å²) >= 11 is 0. The van der Waals surface area contributed by atoms with Crippen LogP contribution in [0.4, 0.5) is 4.39 Å². The van der Waals surface area contributed by atoms with E-state index >= 15 is 0 Å².